The average Bonchev–Trinajstić information content (AvgIpc) is 3.02. The largest absolute Gasteiger partial charge is 0.417 e. The van der Waals surface area contributed by atoms with Crippen LogP contribution in [0.15, 0.2) is 17.6 Å². The van der Waals surface area contributed by atoms with E-state index in [9.17, 15) is 13.2 Å². The number of nitrogens with zero attached hydrogens (tertiary/aromatic N) is 3. The summed E-state index contributed by atoms with van der Waals surface area (Å²) in [6.45, 7) is 1.71. The highest BCUT2D eigenvalue weighted by Gasteiger charge is 2.34. The third-order valence-corrected chi connectivity index (χ3v) is 3.97. The van der Waals surface area contributed by atoms with Gasteiger partial charge in [-0.05, 0) is 13.0 Å². The maximum Gasteiger partial charge on any atom is 0.417 e. The minimum absolute atomic E-state index is 0.0597. The molecule has 0 spiro atoms. The third-order valence-electron chi connectivity index (χ3n) is 3.11. The molecule has 21 heavy (non-hydrogen) atoms. The number of benzene rings is 1. The predicted octanol–water partition coefficient (Wildman–Crippen LogP) is 3.89. The number of nitrogens with one attached hydrogen (secondary N) is 1. The number of fused-ring (bicyclic) bond motifs is 1. The van der Waals surface area contributed by atoms with Crippen LogP contribution in [0.4, 0.5) is 13.2 Å². The van der Waals surface area contributed by atoms with Crippen LogP contribution in [0, 0.1) is 18.3 Å². The molecule has 0 saturated heterocycles. The quantitative estimate of drug-likeness (QED) is 0.742. The van der Waals surface area contributed by atoms with Crippen molar-refractivity contribution in [3.63, 3.8) is 0 Å². The Labute approximate surface area is 120 Å². The molecule has 0 unspecified atom stereocenters. The highest BCUT2D eigenvalue weighted by Crippen LogP contribution is 2.41. The molecule has 0 fully saturated rings. The molecule has 0 amide bonds. The molecule has 0 atom stereocenters. The summed E-state index contributed by atoms with van der Waals surface area (Å²) < 4.78 is 39.1. The van der Waals surface area contributed by atoms with Gasteiger partial charge in [-0.2, -0.15) is 23.5 Å². The van der Waals surface area contributed by atoms with Gasteiger partial charge in [-0.25, -0.2) is 4.98 Å². The topological polar surface area (TPSA) is 65.4 Å². The van der Waals surface area contributed by atoms with Gasteiger partial charge in [0.25, 0.3) is 0 Å². The van der Waals surface area contributed by atoms with E-state index in [2.05, 4.69) is 15.2 Å². The first-order chi connectivity index (χ1) is 9.93. The molecule has 2 heterocycles. The smallest absolute Gasteiger partial charge is 0.281 e. The van der Waals surface area contributed by atoms with Crippen LogP contribution in [0.1, 0.15) is 17.0 Å². The highest BCUT2D eigenvalue weighted by atomic mass is 32.1. The molecule has 8 heteroatoms. The van der Waals surface area contributed by atoms with Gasteiger partial charge in [-0.1, -0.05) is 6.07 Å². The van der Waals surface area contributed by atoms with Gasteiger partial charge < -0.3 is 0 Å². The van der Waals surface area contributed by atoms with E-state index in [0.717, 1.165) is 17.4 Å². The molecule has 3 rings (SSSR count). The number of aromatic nitrogens is 3. The van der Waals surface area contributed by atoms with Gasteiger partial charge in [-0.15, -0.1) is 11.3 Å². The summed E-state index contributed by atoms with van der Waals surface area (Å²) in [5, 5.41) is 15.6. The van der Waals surface area contributed by atoms with Crippen molar-refractivity contribution in [2.75, 3.05) is 0 Å². The molecule has 0 bridgehead atoms. The Morgan fingerprint density at radius 1 is 1.33 bits per heavy atom. The number of hydrogen-bond donors (Lipinski definition) is 1. The molecule has 1 aromatic carbocycles. The average molecular weight is 308 g/mol. The van der Waals surface area contributed by atoms with E-state index in [-0.39, 0.29) is 15.9 Å². The van der Waals surface area contributed by atoms with Gasteiger partial charge in [0.2, 0.25) is 0 Å². The highest BCUT2D eigenvalue weighted by molar-refractivity contribution is 7.17. The molecule has 0 aliphatic heterocycles. The number of H-pyrrole nitrogens is 1. The number of rotatable bonds is 1. The van der Waals surface area contributed by atoms with Crippen LogP contribution in [0.2, 0.25) is 0 Å². The van der Waals surface area contributed by atoms with Crippen LogP contribution in [0.5, 0.6) is 0 Å². The lowest BCUT2D eigenvalue weighted by Crippen LogP contribution is -2.05. The van der Waals surface area contributed by atoms with Crippen molar-refractivity contribution in [1.29, 1.82) is 5.26 Å². The van der Waals surface area contributed by atoms with Crippen molar-refractivity contribution in [2.24, 2.45) is 0 Å². The molecule has 0 radical (unpaired) electrons. The molecule has 106 valence electrons. The second kappa shape index (κ2) is 4.56. The molecular weight excluding hydrogens is 301 g/mol. The van der Waals surface area contributed by atoms with E-state index in [1.807, 2.05) is 6.07 Å². The lowest BCUT2D eigenvalue weighted by molar-refractivity contribution is -0.136. The van der Waals surface area contributed by atoms with Crippen molar-refractivity contribution in [1.82, 2.24) is 15.2 Å². The Hall–Kier alpha value is -2.40. The Balaban J connectivity index is 2.35. The van der Waals surface area contributed by atoms with Gasteiger partial charge in [0.15, 0.2) is 5.69 Å². The number of alkyl halides is 3. The zero-order valence-corrected chi connectivity index (χ0v) is 11.4. The van der Waals surface area contributed by atoms with Crippen molar-refractivity contribution in [3.8, 4) is 17.2 Å². The lowest BCUT2D eigenvalue weighted by atomic mass is 10.0. The van der Waals surface area contributed by atoms with E-state index in [1.165, 1.54) is 11.6 Å². The summed E-state index contributed by atoms with van der Waals surface area (Å²) in [5.41, 5.74) is 2.59. The first-order valence-corrected chi connectivity index (χ1v) is 6.70. The van der Waals surface area contributed by atoms with Crippen LogP contribution in [-0.2, 0) is 6.18 Å². The monoisotopic (exact) mass is 308 g/mol. The summed E-state index contributed by atoms with van der Waals surface area (Å²) in [4.78, 5) is 4.03. The van der Waals surface area contributed by atoms with Crippen LogP contribution < -0.4 is 0 Å². The first-order valence-electron chi connectivity index (χ1n) is 5.82. The number of thiazole rings is 1. The first kappa shape index (κ1) is 13.6. The lowest BCUT2D eigenvalue weighted by Gasteiger charge is -2.09. The molecule has 0 saturated carbocycles. The van der Waals surface area contributed by atoms with Gasteiger partial charge in [0.1, 0.15) is 6.07 Å². The molecule has 4 nitrogen and oxygen atoms in total. The Morgan fingerprint density at radius 3 is 2.76 bits per heavy atom. The number of nitriles is 1. The Kier molecular flexibility index (Phi) is 2.95. The molecule has 0 aliphatic rings. The van der Waals surface area contributed by atoms with E-state index >= 15 is 0 Å². The summed E-state index contributed by atoms with van der Waals surface area (Å²) >= 11 is 0.927. The number of aromatic amines is 1. The predicted molar refractivity (Wildman–Crippen MR) is 71.7 cm³/mol. The van der Waals surface area contributed by atoms with Crippen molar-refractivity contribution >= 4 is 21.6 Å². The van der Waals surface area contributed by atoms with Gasteiger partial charge in [0, 0.05) is 16.8 Å². The fourth-order valence-corrected chi connectivity index (χ4v) is 3.06. The maximum absolute atomic E-state index is 13.0. The minimum Gasteiger partial charge on any atom is -0.281 e. The standard InChI is InChI=1S/C13H7F3N4S/c1-6-10(9(4-17)20-19-6)7-2-3-8(13(14,15)16)12-11(7)18-5-21-12/h2-3,5H,1H3,(H,19,20). The normalized spacial score (nSPS) is 11.8. The minimum atomic E-state index is -4.44. The molecular formula is C13H7F3N4S. The zero-order chi connectivity index (χ0) is 15.2. The number of halogens is 3. The third kappa shape index (κ3) is 2.06. The Bertz CT molecular complexity index is 870. The maximum atomic E-state index is 13.0. The fourth-order valence-electron chi connectivity index (χ4n) is 2.21. The van der Waals surface area contributed by atoms with E-state index in [4.69, 9.17) is 5.26 Å². The van der Waals surface area contributed by atoms with Gasteiger partial charge in [-0.3, -0.25) is 5.10 Å². The number of aryl methyl sites for hydroxylation is 1. The number of hydrogen-bond acceptors (Lipinski definition) is 4. The van der Waals surface area contributed by atoms with E-state index in [0.29, 0.717) is 16.8 Å². The summed E-state index contributed by atoms with van der Waals surface area (Å²) in [5.74, 6) is 0. The molecule has 3 aromatic rings. The summed E-state index contributed by atoms with van der Waals surface area (Å²) in [7, 11) is 0. The van der Waals surface area contributed by atoms with Crippen LogP contribution in [0.25, 0.3) is 21.3 Å². The van der Waals surface area contributed by atoms with E-state index in [1.54, 1.807) is 6.92 Å². The second-order valence-electron chi connectivity index (χ2n) is 4.37. The van der Waals surface area contributed by atoms with E-state index < -0.39 is 11.7 Å². The molecule has 0 aliphatic carbocycles. The van der Waals surface area contributed by atoms with Gasteiger partial charge >= 0.3 is 6.18 Å². The SMILES string of the molecule is Cc1[nH]nc(C#N)c1-c1ccc(C(F)(F)F)c2scnc12. The fraction of sp³-hybridized carbons (Fsp3) is 0.154. The second-order valence-corrected chi connectivity index (χ2v) is 5.23. The summed E-state index contributed by atoms with van der Waals surface area (Å²) in [6, 6.07) is 4.28. The van der Waals surface area contributed by atoms with Crippen molar-refractivity contribution in [3.05, 3.63) is 34.6 Å². The Morgan fingerprint density at radius 2 is 2.10 bits per heavy atom. The van der Waals surface area contributed by atoms with Crippen LogP contribution in [0.3, 0.4) is 0 Å². The molecule has 2 aromatic heterocycles. The van der Waals surface area contributed by atoms with Gasteiger partial charge in [0.05, 0.1) is 21.3 Å². The van der Waals surface area contributed by atoms with Crippen LogP contribution >= 0.6 is 11.3 Å². The summed E-state index contributed by atoms with van der Waals surface area (Å²) in [6.07, 6.45) is -4.44. The van der Waals surface area contributed by atoms with Crippen LogP contribution in [-0.4, -0.2) is 15.2 Å². The zero-order valence-electron chi connectivity index (χ0n) is 10.6. The molecule has 1 N–H and O–H groups in total. The van der Waals surface area contributed by atoms with Crippen molar-refractivity contribution in [2.45, 2.75) is 13.1 Å². The van der Waals surface area contributed by atoms with Crippen molar-refractivity contribution < 1.29 is 13.2 Å².